The Morgan fingerprint density at radius 3 is 2.77 bits per heavy atom. The molecule has 2 aliphatic heterocycles. The van der Waals surface area contributed by atoms with Crippen LogP contribution >= 0.6 is 11.6 Å². The third kappa shape index (κ3) is 3.76. The zero-order valence-corrected chi connectivity index (χ0v) is 16.1. The van der Waals surface area contributed by atoms with Gasteiger partial charge in [0.2, 0.25) is 15.9 Å². The van der Waals surface area contributed by atoms with E-state index in [1.54, 1.807) is 18.2 Å². The molecule has 0 radical (unpaired) electrons. The van der Waals surface area contributed by atoms with Crippen LogP contribution in [0.1, 0.15) is 25.7 Å². The van der Waals surface area contributed by atoms with E-state index in [0.717, 1.165) is 13.0 Å². The summed E-state index contributed by atoms with van der Waals surface area (Å²) >= 11 is 5.91. The number of amides is 1. The van der Waals surface area contributed by atoms with Gasteiger partial charge in [0.05, 0.1) is 17.1 Å². The largest absolute Gasteiger partial charge is 0.372 e. The van der Waals surface area contributed by atoms with E-state index in [2.05, 4.69) is 5.32 Å². The van der Waals surface area contributed by atoms with Crippen LogP contribution in [0.2, 0.25) is 5.02 Å². The number of carbonyl (C=O) groups excluding carboxylic acids is 1. The maximum absolute atomic E-state index is 12.7. The first-order chi connectivity index (χ1) is 12.4. The molecule has 26 heavy (non-hydrogen) atoms. The molecule has 0 aromatic heterocycles. The van der Waals surface area contributed by atoms with Crippen molar-refractivity contribution in [1.29, 1.82) is 0 Å². The van der Waals surface area contributed by atoms with Crippen LogP contribution in [0.5, 0.6) is 0 Å². The van der Waals surface area contributed by atoms with Crippen LogP contribution in [0.25, 0.3) is 0 Å². The van der Waals surface area contributed by atoms with Crippen molar-refractivity contribution in [3.8, 4) is 0 Å². The molecule has 1 amide bonds. The number of carbonyl (C=O) groups is 1. The quantitative estimate of drug-likeness (QED) is 0.795. The van der Waals surface area contributed by atoms with Crippen molar-refractivity contribution in [1.82, 2.24) is 9.62 Å². The van der Waals surface area contributed by atoms with Crippen LogP contribution in [0.3, 0.4) is 0 Å². The van der Waals surface area contributed by atoms with Gasteiger partial charge in [-0.25, -0.2) is 8.42 Å². The van der Waals surface area contributed by atoms with Gasteiger partial charge in [0, 0.05) is 31.1 Å². The Bertz CT molecular complexity index is 803. The third-order valence-corrected chi connectivity index (χ3v) is 7.43. The summed E-state index contributed by atoms with van der Waals surface area (Å²) < 4.78 is 32.7. The number of nitrogens with zero attached hydrogens (tertiary/aromatic N) is 1. The predicted molar refractivity (Wildman–Crippen MR) is 97.4 cm³/mol. The van der Waals surface area contributed by atoms with Crippen molar-refractivity contribution in [3.63, 3.8) is 0 Å². The van der Waals surface area contributed by atoms with E-state index in [1.807, 2.05) is 0 Å². The highest BCUT2D eigenvalue weighted by atomic mass is 35.5. The molecule has 4 rings (SSSR count). The van der Waals surface area contributed by atoms with E-state index in [9.17, 15) is 13.2 Å². The highest BCUT2D eigenvalue weighted by Gasteiger charge is 2.53. The number of hydrogen-bond acceptors (Lipinski definition) is 4. The third-order valence-electron chi connectivity index (χ3n) is 5.41. The molecular formula is C18H23ClN2O4S. The topological polar surface area (TPSA) is 75.7 Å². The number of rotatable bonds is 6. The summed E-state index contributed by atoms with van der Waals surface area (Å²) in [5.74, 6) is 0.900. The first-order valence-corrected chi connectivity index (χ1v) is 10.8. The minimum absolute atomic E-state index is 0.0743. The van der Waals surface area contributed by atoms with E-state index in [-0.39, 0.29) is 16.7 Å². The first kappa shape index (κ1) is 18.2. The van der Waals surface area contributed by atoms with Crippen molar-refractivity contribution in [3.05, 3.63) is 29.3 Å². The lowest BCUT2D eigenvalue weighted by atomic mass is 9.87. The standard InChI is InChI=1S/C18H23ClN2O4S/c19-15-2-1-3-16(7-15)26(23,24)21-11-18(12-21)8-14(10-25-18)6-17(22)20-9-13-4-5-13/h1-3,7,13-14H,4-6,8-12H2,(H,20,22). The lowest BCUT2D eigenvalue weighted by Crippen LogP contribution is -2.63. The van der Waals surface area contributed by atoms with E-state index < -0.39 is 15.6 Å². The highest BCUT2D eigenvalue weighted by Crippen LogP contribution is 2.41. The fourth-order valence-electron chi connectivity index (χ4n) is 3.75. The minimum Gasteiger partial charge on any atom is -0.372 e. The Labute approximate surface area is 158 Å². The summed E-state index contributed by atoms with van der Waals surface area (Å²) in [6.45, 7) is 1.97. The van der Waals surface area contributed by atoms with Crippen molar-refractivity contribution >= 4 is 27.5 Å². The molecule has 3 fully saturated rings. The SMILES string of the molecule is O=C(CC1COC2(C1)CN(S(=O)(=O)c1cccc(Cl)c1)C2)NCC1CC1. The second-order valence-corrected chi connectivity index (χ2v) is 10.1. The molecule has 8 heteroatoms. The van der Waals surface area contributed by atoms with Crippen LogP contribution in [0.15, 0.2) is 29.2 Å². The van der Waals surface area contributed by atoms with Crippen LogP contribution < -0.4 is 5.32 Å². The van der Waals surface area contributed by atoms with Gasteiger partial charge in [0.25, 0.3) is 0 Å². The van der Waals surface area contributed by atoms with E-state index in [4.69, 9.17) is 16.3 Å². The molecule has 1 spiro atoms. The second kappa shape index (κ2) is 6.78. The Hall–Kier alpha value is -1.15. The molecule has 1 aromatic rings. The Kier molecular flexibility index (Phi) is 4.75. The average molecular weight is 399 g/mol. The highest BCUT2D eigenvalue weighted by molar-refractivity contribution is 7.89. The molecule has 1 unspecified atom stereocenters. The van der Waals surface area contributed by atoms with Gasteiger partial charge >= 0.3 is 0 Å². The summed E-state index contributed by atoms with van der Waals surface area (Å²) in [6, 6.07) is 6.30. The average Bonchev–Trinajstić information content (AvgIpc) is 3.30. The first-order valence-electron chi connectivity index (χ1n) is 9.03. The van der Waals surface area contributed by atoms with Crippen molar-refractivity contribution in [2.45, 2.75) is 36.2 Å². The maximum Gasteiger partial charge on any atom is 0.243 e. The lowest BCUT2D eigenvalue weighted by molar-refractivity contribution is -0.122. The number of nitrogens with one attached hydrogen (secondary N) is 1. The molecule has 142 valence electrons. The normalized spacial score (nSPS) is 25.2. The second-order valence-electron chi connectivity index (χ2n) is 7.75. The Balaban J connectivity index is 1.30. The number of hydrogen-bond donors (Lipinski definition) is 1. The van der Waals surface area contributed by atoms with Gasteiger partial charge in [0.1, 0.15) is 0 Å². The monoisotopic (exact) mass is 398 g/mol. The van der Waals surface area contributed by atoms with Crippen LogP contribution in [-0.2, 0) is 19.6 Å². The van der Waals surface area contributed by atoms with Gasteiger partial charge in [0.15, 0.2) is 0 Å². The predicted octanol–water partition coefficient (Wildman–Crippen LogP) is 2.04. The minimum atomic E-state index is -3.55. The Morgan fingerprint density at radius 1 is 1.31 bits per heavy atom. The molecule has 2 heterocycles. The summed E-state index contributed by atoms with van der Waals surface area (Å²) in [5.41, 5.74) is -0.437. The fraction of sp³-hybridized carbons (Fsp3) is 0.611. The molecule has 1 N–H and O–H groups in total. The molecule has 1 atom stereocenters. The molecule has 6 nitrogen and oxygen atoms in total. The van der Waals surface area contributed by atoms with Crippen LogP contribution in [0, 0.1) is 11.8 Å². The van der Waals surface area contributed by atoms with Gasteiger partial charge in [-0.15, -0.1) is 0 Å². The van der Waals surface area contributed by atoms with Gasteiger partial charge < -0.3 is 10.1 Å². The summed E-state index contributed by atoms with van der Waals surface area (Å²) in [4.78, 5) is 12.2. The van der Waals surface area contributed by atoms with Crippen molar-refractivity contribution < 1.29 is 17.9 Å². The number of halogens is 1. The van der Waals surface area contributed by atoms with Gasteiger partial charge in [-0.3, -0.25) is 4.79 Å². The maximum atomic E-state index is 12.7. The number of sulfonamides is 1. The number of benzene rings is 1. The summed E-state index contributed by atoms with van der Waals surface area (Å²) in [5, 5.41) is 3.38. The summed E-state index contributed by atoms with van der Waals surface area (Å²) in [7, 11) is -3.55. The molecule has 3 aliphatic rings. The smallest absolute Gasteiger partial charge is 0.243 e. The molecule has 1 aromatic carbocycles. The van der Waals surface area contributed by atoms with Gasteiger partial charge in [-0.2, -0.15) is 4.31 Å². The van der Waals surface area contributed by atoms with Crippen molar-refractivity contribution in [2.75, 3.05) is 26.2 Å². The van der Waals surface area contributed by atoms with Crippen LogP contribution in [-0.4, -0.2) is 50.5 Å². The van der Waals surface area contributed by atoms with E-state index in [0.29, 0.717) is 37.1 Å². The molecule has 0 bridgehead atoms. The van der Waals surface area contributed by atoms with E-state index in [1.165, 1.54) is 23.2 Å². The molecule has 1 aliphatic carbocycles. The van der Waals surface area contributed by atoms with Gasteiger partial charge in [-0.1, -0.05) is 17.7 Å². The zero-order chi connectivity index (χ0) is 18.4. The van der Waals surface area contributed by atoms with Crippen LogP contribution in [0.4, 0.5) is 0 Å². The zero-order valence-electron chi connectivity index (χ0n) is 14.5. The lowest BCUT2D eigenvalue weighted by Gasteiger charge is -2.46. The molecule has 1 saturated carbocycles. The Morgan fingerprint density at radius 2 is 2.08 bits per heavy atom. The fourth-order valence-corrected chi connectivity index (χ4v) is 5.64. The van der Waals surface area contributed by atoms with Crippen molar-refractivity contribution in [2.24, 2.45) is 11.8 Å². The number of ether oxygens (including phenoxy) is 1. The molecule has 2 saturated heterocycles. The summed E-state index contributed by atoms with van der Waals surface area (Å²) in [6.07, 6.45) is 3.61. The molecular weight excluding hydrogens is 376 g/mol. The van der Waals surface area contributed by atoms with Gasteiger partial charge in [-0.05, 0) is 49.3 Å². The van der Waals surface area contributed by atoms with E-state index >= 15 is 0 Å².